The Hall–Kier alpha value is -1.06. The van der Waals surface area contributed by atoms with Crippen molar-refractivity contribution in [1.29, 1.82) is 0 Å². The van der Waals surface area contributed by atoms with E-state index in [1.165, 1.54) is 0 Å². The topological polar surface area (TPSA) is 29.0 Å². The van der Waals surface area contributed by atoms with Gasteiger partial charge in [0.05, 0.1) is 5.52 Å². The quantitative estimate of drug-likeness (QED) is 0.476. The van der Waals surface area contributed by atoms with Gasteiger partial charge in [-0.15, -0.1) is 11.6 Å². The fourth-order valence-corrected chi connectivity index (χ4v) is 2.16. The third-order valence-electron chi connectivity index (χ3n) is 2.76. The molecule has 0 aliphatic heterocycles. The summed E-state index contributed by atoms with van der Waals surface area (Å²) in [6, 6.07) is 7.75. The van der Waals surface area contributed by atoms with Gasteiger partial charge in [-0.2, -0.15) is 0 Å². The number of rotatable bonds is 5. The summed E-state index contributed by atoms with van der Waals surface area (Å²) in [4.78, 5) is 10.8. The first-order chi connectivity index (χ1) is 8.72. The molecule has 1 aromatic heterocycles. The average Bonchev–Trinajstić information content (AvgIpc) is 2.39. The van der Waals surface area contributed by atoms with Crippen LogP contribution in [0.4, 0.5) is 5.95 Å². The number of halogens is 2. The van der Waals surface area contributed by atoms with Crippen LogP contribution in [0.5, 0.6) is 0 Å². The molecule has 0 aliphatic carbocycles. The number of benzene rings is 1. The predicted octanol–water partition coefficient (Wildman–Crippen LogP) is 3.74. The summed E-state index contributed by atoms with van der Waals surface area (Å²) in [6.07, 6.45) is 2.01. The molecule has 1 heterocycles. The number of hydrogen-bond acceptors (Lipinski definition) is 3. The summed E-state index contributed by atoms with van der Waals surface area (Å²) in [5.41, 5.74) is 0.872. The Labute approximate surface area is 117 Å². The molecule has 1 aromatic carbocycles. The molecule has 96 valence electrons. The highest BCUT2D eigenvalue weighted by Gasteiger charge is 2.08. The molecule has 0 bridgehead atoms. The van der Waals surface area contributed by atoms with E-state index in [0.717, 1.165) is 30.3 Å². The standard InChI is InChI=1S/C13H15Cl2N3/c1-18(9-5-4-8-14)13-16-11-7-3-2-6-10(11)12(15)17-13/h2-3,6-7H,4-5,8-9H2,1H3. The highest BCUT2D eigenvalue weighted by Crippen LogP contribution is 2.22. The Kier molecular flexibility index (Phi) is 4.61. The number of alkyl halides is 1. The Morgan fingerprint density at radius 2 is 1.94 bits per heavy atom. The number of nitrogens with zero attached hydrogens (tertiary/aromatic N) is 3. The zero-order valence-electron chi connectivity index (χ0n) is 10.2. The Bertz CT molecular complexity index is 531. The van der Waals surface area contributed by atoms with Crippen LogP contribution < -0.4 is 4.90 Å². The maximum Gasteiger partial charge on any atom is 0.227 e. The Morgan fingerprint density at radius 3 is 2.72 bits per heavy atom. The third kappa shape index (κ3) is 3.03. The van der Waals surface area contributed by atoms with E-state index in [9.17, 15) is 0 Å². The molecule has 0 spiro atoms. The second kappa shape index (κ2) is 6.21. The summed E-state index contributed by atoms with van der Waals surface area (Å²) in [5.74, 6) is 1.35. The first kappa shape index (κ1) is 13.4. The molecule has 0 N–H and O–H groups in total. The number of aromatic nitrogens is 2. The molecule has 18 heavy (non-hydrogen) atoms. The minimum absolute atomic E-state index is 0.500. The summed E-state index contributed by atoms with van der Waals surface area (Å²) in [6.45, 7) is 0.876. The molecule has 2 rings (SSSR count). The van der Waals surface area contributed by atoms with Crippen LogP contribution in [-0.2, 0) is 0 Å². The van der Waals surface area contributed by atoms with Gasteiger partial charge in [-0.3, -0.25) is 0 Å². The van der Waals surface area contributed by atoms with Crippen LogP contribution in [0.25, 0.3) is 10.9 Å². The van der Waals surface area contributed by atoms with Crippen molar-refractivity contribution in [2.75, 3.05) is 24.4 Å². The van der Waals surface area contributed by atoms with Gasteiger partial charge >= 0.3 is 0 Å². The van der Waals surface area contributed by atoms with Crippen LogP contribution in [0.2, 0.25) is 5.15 Å². The summed E-state index contributed by atoms with van der Waals surface area (Å²) in [7, 11) is 1.97. The van der Waals surface area contributed by atoms with Crippen LogP contribution in [0.1, 0.15) is 12.8 Å². The maximum atomic E-state index is 6.17. The van der Waals surface area contributed by atoms with Crippen molar-refractivity contribution < 1.29 is 0 Å². The lowest BCUT2D eigenvalue weighted by molar-refractivity contribution is 0.755. The fourth-order valence-electron chi connectivity index (χ4n) is 1.74. The summed E-state index contributed by atoms with van der Waals surface area (Å²) < 4.78 is 0. The minimum Gasteiger partial charge on any atom is -0.344 e. The van der Waals surface area contributed by atoms with Crippen molar-refractivity contribution in [3.05, 3.63) is 29.4 Å². The normalized spacial score (nSPS) is 10.8. The average molecular weight is 284 g/mol. The van der Waals surface area contributed by atoms with Gasteiger partial charge in [0.25, 0.3) is 0 Å². The summed E-state index contributed by atoms with van der Waals surface area (Å²) >= 11 is 11.8. The SMILES string of the molecule is CN(CCCCCl)c1nc(Cl)c2ccccc2n1. The van der Waals surface area contributed by atoms with Gasteiger partial charge in [0.1, 0.15) is 5.15 Å². The van der Waals surface area contributed by atoms with E-state index < -0.39 is 0 Å². The van der Waals surface area contributed by atoms with Crippen molar-refractivity contribution in [2.24, 2.45) is 0 Å². The van der Waals surface area contributed by atoms with Crippen molar-refractivity contribution in [1.82, 2.24) is 9.97 Å². The zero-order chi connectivity index (χ0) is 13.0. The van der Waals surface area contributed by atoms with Gasteiger partial charge in [0.2, 0.25) is 5.95 Å². The molecule has 0 saturated heterocycles. The van der Waals surface area contributed by atoms with E-state index >= 15 is 0 Å². The van der Waals surface area contributed by atoms with E-state index in [2.05, 4.69) is 9.97 Å². The minimum atomic E-state index is 0.500. The van der Waals surface area contributed by atoms with E-state index in [1.54, 1.807) is 0 Å². The molecule has 2 aromatic rings. The Balaban J connectivity index is 2.23. The number of hydrogen-bond donors (Lipinski definition) is 0. The number of unbranched alkanes of at least 4 members (excludes halogenated alkanes) is 1. The van der Waals surface area contributed by atoms with Crippen LogP contribution in [-0.4, -0.2) is 29.4 Å². The number of anilines is 1. The zero-order valence-corrected chi connectivity index (χ0v) is 11.7. The molecule has 0 unspecified atom stereocenters. The molecule has 0 saturated carbocycles. The molecule has 5 heteroatoms. The molecule has 0 radical (unpaired) electrons. The van der Waals surface area contributed by atoms with Gasteiger partial charge in [0.15, 0.2) is 0 Å². The second-order valence-electron chi connectivity index (χ2n) is 4.15. The van der Waals surface area contributed by atoms with E-state index in [4.69, 9.17) is 23.2 Å². The second-order valence-corrected chi connectivity index (χ2v) is 4.89. The molecule has 0 amide bonds. The van der Waals surface area contributed by atoms with E-state index in [0.29, 0.717) is 17.0 Å². The number of para-hydroxylation sites is 1. The van der Waals surface area contributed by atoms with Crippen molar-refractivity contribution in [3.63, 3.8) is 0 Å². The van der Waals surface area contributed by atoms with Crippen LogP contribution in [0, 0.1) is 0 Å². The van der Waals surface area contributed by atoms with Crippen molar-refractivity contribution in [3.8, 4) is 0 Å². The van der Waals surface area contributed by atoms with E-state index in [-0.39, 0.29) is 0 Å². The number of fused-ring (bicyclic) bond motifs is 1. The van der Waals surface area contributed by atoms with Gasteiger partial charge < -0.3 is 4.90 Å². The molecule has 0 atom stereocenters. The molecular weight excluding hydrogens is 269 g/mol. The smallest absolute Gasteiger partial charge is 0.227 e. The van der Waals surface area contributed by atoms with Crippen molar-refractivity contribution >= 4 is 40.1 Å². The largest absolute Gasteiger partial charge is 0.344 e. The lowest BCUT2D eigenvalue weighted by Gasteiger charge is -2.17. The van der Waals surface area contributed by atoms with Gasteiger partial charge in [0, 0.05) is 24.9 Å². The van der Waals surface area contributed by atoms with E-state index in [1.807, 2.05) is 36.2 Å². The molecule has 0 fully saturated rings. The highest BCUT2D eigenvalue weighted by molar-refractivity contribution is 6.34. The molecular formula is C13H15Cl2N3. The fraction of sp³-hybridized carbons (Fsp3) is 0.385. The first-order valence-electron chi connectivity index (χ1n) is 5.92. The first-order valence-corrected chi connectivity index (χ1v) is 6.83. The lowest BCUT2D eigenvalue weighted by Crippen LogP contribution is -2.21. The van der Waals surface area contributed by atoms with Gasteiger partial charge in [-0.1, -0.05) is 23.7 Å². The molecule has 3 nitrogen and oxygen atoms in total. The third-order valence-corrected chi connectivity index (χ3v) is 3.32. The van der Waals surface area contributed by atoms with Crippen LogP contribution in [0.3, 0.4) is 0 Å². The van der Waals surface area contributed by atoms with Crippen LogP contribution >= 0.6 is 23.2 Å². The predicted molar refractivity (Wildman–Crippen MR) is 77.8 cm³/mol. The molecule has 0 aliphatic rings. The lowest BCUT2D eigenvalue weighted by atomic mass is 10.2. The highest BCUT2D eigenvalue weighted by atomic mass is 35.5. The van der Waals surface area contributed by atoms with Gasteiger partial charge in [-0.25, -0.2) is 9.97 Å². The van der Waals surface area contributed by atoms with Gasteiger partial charge in [-0.05, 0) is 25.0 Å². The maximum absolute atomic E-state index is 6.17. The van der Waals surface area contributed by atoms with Crippen molar-refractivity contribution in [2.45, 2.75) is 12.8 Å². The monoisotopic (exact) mass is 283 g/mol. The Morgan fingerprint density at radius 1 is 1.17 bits per heavy atom. The summed E-state index contributed by atoms with van der Waals surface area (Å²) in [5, 5.41) is 1.39. The van der Waals surface area contributed by atoms with Crippen LogP contribution in [0.15, 0.2) is 24.3 Å².